The second-order valence-electron chi connectivity index (χ2n) is 5.59. The van der Waals surface area contributed by atoms with Crippen LogP contribution in [0.25, 0.3) is 0 Å². The molecule has 3 heteroatoms. The van der Waals surface area contributed by atoms with Gasteiger partial charge in [-0.05, 0) is 44.2 Å². The first kappa shape index (κ1) is 13.6. The van der Waals surface area contributed by atoms with Crippen molar-refractivity contribution >= 4 is 9.84 Å². The van der Waals surface area contributed by atoms with Crippen LogP contribution in [-0.4, -0.2) is 13.7 Å². The summed E-state index contributed by atoms with van der Waals surface area (Å²) in [5.74, 6) is 0.670. The minimum absolute atomic E-state index is 0.176. The van der Waals surface area contributed by atoms with Crippen LogP contribution in [0.5, 0.6) is 0 Å². The topological polar surface area (TPSA) is 34.1 Å². The maximum absolute atomic E-state index is 12.6. The Hall–Kier alpha value is -0.830. The molecule has 0 bridgehead atoms. The Morgan fingerprint density at radius 1 is 1.00 bits per heavy atom. The summed E-state index contributed by atoms with van der Waals surface area (Å²) < 4.78 is 25.1. The number of aryl methyl sites for hydroxylation is 1. The highest BCUT2D eigenvalue weighted by atomic mass is 32.2. The smallest absolute Gasteiger partial charge is 0.181 e. The van der Waals surface area contributed by atoms with Gasteiger partial charge in [-0.2, -0.15) is 0 Å². The maximum Gasteiger partial charge on any atom is 0.181 e. The summed E-state index contributed by atoms with van der Waals surface area (Å²) in [7, 11) is -3.13. The zero-order valence-corrected chi connectivity index (χ0v) is 12.0. The van der Waals surface area contributed by atoms with Crippen molar-refractivity contribution < 1.29 is 8.42 Å². The molecule has 2 nitrogen and oxygen atoms in total. The Labute approximate surface area is 110 Å². The van der Waals surface area contributed by atoms with Crippen LogP contribution in [-0.2, 0) is 9.84 Å². The van der Waals surface area contributed by atoms with Crippen LogP contribution in [0.3, 0.4) is 0 Å². The van der Waals surface area contributed by atoms with Gasteiger partial charge in [0.2, 0.25) is 0 Å². The van der Waals surface area contributed by atoms with E-state index in [9.17, 15) is 8.42 Å². The van der Waals surface area contributed by atoms with Crippen molar-refractivity contribution in [2.75, 3.05) is 0 Å². The molecule has 0 aliphatic heterocycles. The van der Waals surface area contributed by atoms with E-state index in [1.807, 2.05) is 19.1 Å². The van der Waals surface area contributed by atoms with E-state index in [4.69, 9.17) is 0 Å². The number of hydrogen-bond donors (Lipinski definition) is 0. The first-order valence-corrected chi connectivity index (χ1v) is 8.35. The fraction of sp³-hybridized carbons (Fsp3) is 0.600. The fourth-order valence-electron chi connectivity index (χ4n) is 2.68. The summed E-state index contributed by atoms with van der Waals surface area (Å²) in [4.78, 5) is 0.493. The SMILES string of the molecule is Cc1ccc(S(=O)(=O)C2CCCC(C)CC2)cc1. The van der Waals surface area contributed by atoms with Gasteiger partial charge in [0.1, 0.15) is 0 Å². The number of sulfone groups is 1. The first-order chi connectivity index (χ1) is 8.50. The lowest BCUT2D eigenvalue weighted by Gasteiger charge is -2.15. The third kappa shape index (κ3) is 2.94. The Bertz CT molecular complexity index is 488. The molecule has 100 valence electrons. The van der Waals surface area contributed by atoms with Crippen LogP contribution in [0.4, 0.5) is 0 Å². The summed E-state index contributed by atoms with van der Waals surface area (Å²) in [5, 5.41) is -0.176. The Balaban J connectivity index is 2.22. The van der Waals surface area contributed by atoms with Crippen molar-refractivity contribution in [2.45, 2.75) is 56.1 Å². The summed E-state index contributed by atoms with van der Waals surface area (Å²) in [5.41, 5.74) is 1.10. The quantitative estimate of drug-likeness (QED) is 0.764. The average Bonchev–Trinajstić information content (AvgIpc) is 2.55. The molecule has 1 aliphatic carbocycles. The number of hydrogen-bond acceptors (Lipinski definition) is 2. The molecule has 1 saturated carbocycles. The van der Waals surface area contributed by atoms with Gasteiger partial charge >= 0.3 is 0 Å². The van der Waals surface area contributed by atoms with Gasteiger partial charge in [-0.25, -0.2) is 8.42 Å². The van der Waals surface area contributed by atoms with E-state index in [0.717, 1.165) is 31.2 Å². The predicted molar refractivity (Wildman–Crippen MR) is 74.4 cm³/mol. The molecule has 1 aliphatic rings. The van der Waals surface area contributed by atoms with E-state index in [-0.39, 0.29) is 5.25 Å². The predicted octanol–water partition coefficient (Wildman–Crippen LogP) is 3.74. The Morgan fingerprint density at radius 3 is 2.33 bits per heavy atom. The number of rotatable bonds is 2. The zero-order chi connectivity index (χ0) is 13.2. The molecule has 2 rings (SSSR count). The molecule has 0 N–H and O–H groups in total. The molecule has 2 atom stereocenters. The molecular formula is C15H22O2S. The normalized spacial score (nSPS) is 25.7. The lowest BCUT2D eigenvalue weighted by Crippen LogP contribution is -2.20. The lowest BCUT2D eigenvalue weighted by atomic mass is 10.0. The molecule has 1 aromatic rings. The van der Waals surface area contributed by atoms with E-state index < -0.39 is 9.84 Å². The van der Waals surface area contributed by atoms with Crippen molar-refractivity contribution in [3.05, 3.63) is 29.8 Å². The molecular weight excluding hydrogens is 244 g/mol. The lowest BCUT2D eigenvalue weighted by molar-refractivity contribution is 0.503. The van der Waals surface area contributed by atoms with Crippen LogP contribution >= 0.6 is 0 Å². The molecule has 0 radical (unpaired) electrons. The van der Waals surface area contributed by atoms with E-state index >= 15 is 0 Å². The second kappa shape index (κ2) is 5.43. The van der Waals surface area contributed by atoms with E-state index in [1.165, 1.54) is 6.42 Å². The molecule has 0 heterocycles. The molecule has 2 unspecified atom stereocenters. The third-order valence-electron chi connectivity index (χ3n) is 3.99. The van der Waals surface area contributed by atoms with Gasteiger partial charge in [0, 0.05) is 0 Å². The van der Waals surface area contributed by atoms with Crippen molar-refractivity contribution in [2.24, 2.45) is 5.92 Å². The van der Waals surface area contributed by atoms with Gasteiger partial charge in [-0.3, -0.25) is 0 Å². The van der Waals surface area contributed by atoms with Crippen LogP contribution in [0.1, 0.15) is 44.6 Å². The van der Waals surface area contributed by atoms with E-state index in [2.05, 4.69) is 6.92 Å². The van der Waals surface area contributed by atoms with Crippen LogP contribution < -0.4 is 0 Å². The summed E-state index contributed by atoms with van der Waals surface area (Å²) >= 11 is 0. The molecule has 0 saturated heterocycles. The van der Waals surface area contributed by atoms with Crippen LogP contribution in [0, 0.1) is 12.8 Å². The number of benzene rings is 1. The third-order valence-corrected chi connectivity index (χ3v) is 6.27. The molecule has 0 spiro atoms. The summed E-state index contributed by atoms with van der Waals surface area (Å²) in [6, 6.07) is 7.26. The van der Waals surface area contributed by atoms with E-state index in [0.29, 0.717) is 10.8 Å². The van der Waals surface area contributed by atoms with E-state index in [1.54, 1.807) is 12.1 Å². The highest BCUT2D eigenvalue weighted by molar-refractivity contribution is 7.92. The zero-order valence-electron chi connectivity index (χ0n) is 11.2. The van der Waals surface area contributed by atoms with Gasteiger partial charge < -0.3 is 0 Å². The van der Waals surface area contributed by atoms with Crippen molar-refractivity contribution in [3.8, 4) is 0 Å². The molecule has 1 aromatic carbocycles. The summed E-state index contributed by atoms with van der Waals surface area (Å²) in [6.45, 7) is 4.20. The van der Waals surface area contributed by atoms with Crippen LogP contribution in [0.15, 0.2) is 29.2 Å². The Kier molecular flexibility index (Phi) is 4.10. The van der Waals surface area contributed by atoms with Crippen molar-refractivity contribution in [1.29, 1.82) is 0 Å². The average molecular weight is 266 g/mol. The maximum atomic E-state index is 12.6. The minimum atomic E-state index is -3.13. The highest BCUT2D eigenvalue weighted by Gasteiger charge is 2.29. The molecule has 0 aromatic heterocycles. The monoisotopic (exact) mass is 266 g/mol. The molecule has 1 fully saturated rings. The molecule has 18 heavy (non-hydrogen) atoms. The van der Waals surface area contributed by atoms with Gasteiger partial charge in [-0.1, -0.05) is 37.5 Å². The highest BCUT2D eigenvalue weighted by Crippen LogP contribution is 2.30. The van der Waals surface area contributed by atoms with Gasteiger partial charge in [0.15, 0.2) is 9.84 Å². The first-order valence-electron chi connectivity index (χ1n) is 6.80. The van der Waals surface area contributed by atoms with Gasteiger partial charge in [0.25, 0.3) is 0 Å². The Morgan fingerprint density at radius 2 is 1.67 bits per heavy atom. The fourth-order valence-corrected chi connectivity index (χ4v) is 4.51. The van der Waals surface area contributed by atoms with Gasteiger partial charge in [0.05, 0.1) is 10.1 Å². The molecule has 0 amide bonds. The summed E-state index contributed by atoms with van der Waals surface area (Å²) in [6.07, 6.45) is 4.88. The largest absolute Gasteiger partial charge is 0.223 e. The minimum Gasteiger partial charge on any atom is -0.223 e. The van der Waals surface area contributed by atoms with Gasteiger partial charge in [-0.15, -0.1) is 0 Å². The second-order valence-corrected chi connectivity index (χ2v) is 7.82. The van der Waals surface area contributed by atoms with Crippen LogP contribution in [0.2, 0.25) is 0 Å². The van der Waals surface area contributed by atoms with Crippen molar-refractivity contribution in [1.82, 2.24) is 0 Å². The van der Waals surface area contributed by atoms with Crippen molar-refractivity contribution in [3.63, 3.8) is 0 Å². The standard InChI is InChI=1S/C15H22O2S/c1-12-4-3-5-14(9-6-12)18(16,17)15-10-7-13(2)8-11-15/h7-8,10-12,14H,3-6,9H2,1-2H3.